The molecule has 1 aromatic carbocycles. The quantitative estimate of drug-likeness (QED) is 0.774. The predicted molar refractivity (Wildman–Crippen MR) is 88.2 cm³/mol. The first-order chi connectivity index (χ1) is 9.21. The third kappa shape index (κ3) is 4.25. The van der Waals surface area contributed by atoms with Gasteiger partial charge in [0.15, 0.2) is 0 Å². The maximum absolute atomic E-state index is 10.1. The number of anilines is 1. The summed E-state index contributed by atoms with van der Waals surface area (Å²) < 4.78 is 5.87. The minimum Gasteiger partial charge on any atom is -0.427 e. The lowest BCUT2D eigenvalue weighted by atomic mass is 9.82. The second-order valence-corrected chi connectivity index (χ2v) is 6.20. The fourth-order valence-corrected chi connectivity index (χ4v) is 1.83. The van der Waals surface area contributed by atoms with Crippen molar-refractivity contribution in [2.24, 2.45) is 0 Å². The summed E-state index contributed by atoms with van der Waals surface area (Å²) >= 11 is 0. The molecular formula is C16H28BNO2. The molecule has 112 valence electrons. The number of hydrogen-bond donors (Lipinski definition) is 1. The predicted octanol–water partition coefficient (Wildman–Crippen LogP) is 2.08. The van der Waals surface area contributed by atoms with Crippen molar-refractivity contribution < 1.29 is 9.76 Å². The molecule has 0 spiro atoms. The molecule has 0 heterocycles. The summed E-state index contributed by atoms with van der Waals surface area (Å²) in [4.78, 5) is 2.31. The van der Waals surface area contributed by atoms with Gasteiger partial charge in [-0.15, -0.1) is 0 Å². The van der Waals surface area contributed by atoms with Crippen molar-refractivity contribution in [3.8, 4) is 0 Å². The molecule has 0 bridgehead atoms. The Morgan fingerprint density at radius 2 is 1.55 bits per heavy atom. The Morgan fingerprint density at radius 3 is 1.95 bits per heavy atom. The van der Waals surface area contributed by atoms with Gasteiger partial charge in [-0.25, -0.2) is 0 Å². The molecule has 1 rings (SSSR count). The minimum absolute atomic E-state index is 0.509. The van der Waals surface area contributed by atoms with Gasteiger partial charge in [0.05, 0.1) is 11.2 Å². The Bertz CT molecular complexity index is 405. The van der Waals surface area contributed by atoms with Crippen molar-refractivity contribution in [1.29, 1.82) is 0 Å². The van der Waals surface area contributed by atoms with E-state index in [1.807, 2.05) is 13.8 Å². The zero-order valence-electron chi connectivity index (χ0n) is 13.7. The van der Waals surface area contributed by atoms with Crippen LogP contribution in [0, 0.1) is 0 Å². The molecule has 0 amide bonds. The van der Waals surface area contributed by atoms with E-state index in [9.17, 15) is 5.11 Å². The first kappa shape index (κ1) is 17.1. The van der Waals surface area contributed by atoms with Crippen LogP contribution < -0.4 is 10.4 Å². The molecule has 0 aromatic heterocycles. The van der Waals surface area contributed by atoms with E-state index in [1.54, 1.807) is 13.8 Å². The second kappa shape index (κ2) is 6.64. The van der Waals surface area contributed by atoms with Gasteiger partial charge in [0, 0.05) is 18.8 Å². The van der Waals surface area contributed by atoms with E-state index in [2.05, 4.69) is 43.0 Å². The number of benzene rings is 1. The van der Waals surface area contributed by atoms with Crippen molar-refractivity contribution >= 4 is 18.6 Å². The van der Waals surface area contributed by atoms with Crippen LogP contribution in [-0.4, -0.2) is 36.9 Å². The lowest BCUT2D eigenvalue weighted by Gasteiger charge is -2.37. The van der Waals surface area contributed by atoms with E-state index in [-0.39, 0.29) is 0 Å². The summed E-state index contributed by atoms with van der Waals surface area (Å²) in [5, 5.41) is 10.1. The van der Waals surface area contributed by atoms with Crippen LogP contribution in [0.15, 0.2) is 24.3 Å². The summed E-state index contributed by atoms with van der Waals surface area (Å²) in [5.41, 5.74) is 0.914. The topological polar surface area (TPSA) is 32.7 Å². The van der Waals surface area contributed by atoms with Crippen LogP contribution in [0.3, 0.4) is 0 Å². The number of rotatable bonds is 7. The molecule has 0 aliphatic rings. The minimum atomic E-state index is -0.867. The highest BCUT2D eigenvalue weighted by molar-refractivity contribution is 6.47. The third-order valence-electron chi connectivity index (χ3n) is 4.14. The summed E-state index contributed by atoms with van der Waals surface area (Å²) in [5.74, 6) is 0. The van der Waals surface area contributed by atoms with E-state index in [0.717, 1.165) is 18.6 Å². The highest BCUT2D eigenvalue weighted by Gasteiger charge is 2.35. The standard InChI is InChI=1S/C16H28BNO2/c1-7-18(8-2)14-11-9-13(10-12-14)17-20-16(5,6)15(3,4)19/h9-12,17,19H,7-8H2,1-6H3. The Balaban J connectivity index is 2.67. The zero-order valence-corrected chi connectivity index (χ0v) is 13.7. The van der Waals surface area contributed by atoms with Gasteiger partial charge in [0.25, 0.3) is 0 Å². The fraction of sp³-hybridized carbons (Fsp3) is 0.625. The Morgan fingerprint density at radius 1 is 1.05 bits per heavy atom. The van der Waals surface area contributed by atoms with Crippen LogP contribution in [0.2, 0.25) is 0 Å². The molecule has 1 aromatic rings. The molecule has 3 nitrogen and oxygen atoms in total. The van der Waals surface area contributed by atoms with Crippen molar-refractivity contribution in [3.05, 3.63) is 24.3 Å². The molecule has 0 aliphatic carbocycles. The normalized spacial score (nSPS) is 12.3. The molecule has 0 aliphatic heterocycles. The summed E-state index contributed by atoms with van der Waals surface area (Å²) in [7, 11) is 0.509. The lowest BCUT2D eigenvalue weighted by molar-refractivity contribution is -0.0893. The monoisotopic (exact) mass is 277 g/mol. The lowest BCUT2D eigenvalue weighted by Crippen LogP contribution is -2.49. The van der Waals surface area contributed by atoms with E-state index in [1.165, 1.54) is 5.69 Å². The van der Waals surface area contributed by atoms with Gasteiger partial charge < -0.3 is 14.7 Å². The van der Waals surface area contributed by atoms with Crippen molar-refractivity contribution in [2.45, 2.75) is 52.7 Å². The number of nitrogens with zero attached hydrogens (tertiary/aromatic N) is 1. The Kier molecular flexibility index (Phi) is 5.66. The van der Waals surface area contributed by atoms with Crippen LogP contribution >= 0.6 is 0 Å². The first-order valence-electron chi connectivity index (χ1n) is 7.41. The van der Waals surface area contributed by atoms with Crippen LogP contribution in [-0.2, 0) is 4.65 Å². The average Bonchev–Trinajstić information content (AvgIpc) is 2.38. The summed E-state index contributed by atoms with van der Waals surface area (Å²) in [6.07, 6.45) is 0. The van der Waals surface area contributed by atoms with Gasteiger partial charge in [-0.05, 0) is 53.7 Å². The molecular weight excluding hydrogens is 249 g/mol. The molecule has 20 heavy (non-hydrogen) atoms. The smallest absolute Gasteiger partial charge is 0.309 e. The first-order valence-corrected chi connectivity index (χ1v) is 7.41. The van der Waals surface area contributed by atoms with E-state index < -0.39 is 11.2 Å². The van der Waals surface area contributed by atoms with E-state index >= 15 is 0 Å². The third-order valence-corrected chi connectivity index (χ3v) is 4.14. The summed E-state index contributed by atoms with van der Waals surface area (Å²) in [6.45, 7) is 13.7. The molecule has 1 N–H and O–H groups in total. The molecule has 0 saturated heterocycles. The van der Waals surface area contributed by atoms with Gasteiger partial charge in [0.2, 0.25) is 0 Å². The highest BCUT2D eigenvalue weighted by atomic mass is 16.5. The molecule has 0 unspecified atom stereocenters. The van der Waals surface area contributed by atoms with Crippen LogP contribution in [0.25, 0.3) is 0 Å². The average molecular weight is 277 g/mol. The Labute approximate surface area is 124 Å². The van der Waals surface area contributed by atoms with Crippen LogP contribution in [0.4, 0.5) is 5.69 Å². The molecule has 0 atom stereocenters. The van der Waals surface area contributed by atoms with Gasteiger partial charge >= 0.3 is 7.48 Å². The Hall–Kier alpha value is -0.995. The maximum Gasteiger partial charge on any atom is 0.309 e. The number of hydrogen-bond acceptors (Lipinski definition) is 3. The second-order valence-electron chi connectivity index (χ2n) is 6.20. The fourth-order valence-electron chi connectivity index (χ4n) is 1.83. The number of aliphatic hydroxyl groups is 1. The van der Waals surface area contributed by atoms with Crippen molar-refractivity contribution in [1.82, 2.24) is 0 Å². The summed E-state index contributed by atoms with van der Waals surface area (Å²) in [6, 6.07) is 8.44. The molecule has 0 radical (unpaired) electrons. The van der Waals surface area contributed by atoms with Crippen molar-refractivity contribution in [3.63, 3.8) is 0 Å². The van der Waals surface area contributed by atoms with Crippen LogP contribution in [0.5, 0.6) is 0 Å². The van der Waals surface area contributed by atoms with Crippen molar-refractivity contribution in [2.75, 3.05) is 18.0 Å². The van der Waals surface area contributed by atoms with Gasteiger partial charge in [-0.2, -0.15) is 0 Å². The molecule has 0 fully saturated rings. The molecule has 0 saturated carbocycles. The van der Waals surface area contributed by atoms with E-state index in [4.69, 9.17) is 4.65 Å². The SMILES string of the molecule is CCN(CC)c1ccc(BOC(C)(C)C(C)(C)O)cc1. The van der Waals surface area contributed by atoms with Gasteiger partial charge in [-0.3, -0.25) is 0 Å². The highest BCUT2D eigenvalue weighted by Crippen LogP contribution is 2.24. The van der Waals surface area contributed by atoms with Crippen LogP contribution in [0.1, 0.15) is 41.5 Å². The maximum atomic E-state index is 10.1. The van der Waals surface area contributed by atoms with Gasteiger partial charge in [-0.1, -0.05) is 17.6 Å². The van der Waals surface area contributed by atoms with Gasteiger partial charge in [0.1, 0.15) is 0 Å². The largest absolute Gasteiger partial charge is 0.427 e. The van der Waals surface area contributed by atoms with E-state index in [0.29, 0.717) is 7.48 Å². The zero-order chi connectivity index (χ0) is 15.4. The molecule has 4 heteroatoms.